The molecule has 4 nitrogen and oxygen atoms in total. The summed E-state index contributed by atoms with van der Waals surface area (Å²) < 4.78 is 0. The number of nitrogens with zero attached hydrogens (tertiary/aromatic N) is 3. The predicted octanol–water partition coefficient (Wildman–Crippen LogP) is 0.123. The lowest BCUT2D eigenvalue weighted by molar-refractivity contribution is 0.116. The Morgan fingerprint density at radius 1 is 1.50 bits per heavy atom. The summed E-state index contributed by atoms with van der Waals surface area (Å²) in [4.78, 5) is 8.84. The van der Waals surface area contributed by atoms with E-state index >= 15 is 0 Å². The SMILES string of the molecule is CC1CN(C)CCN1CC=N/C=C\N. The first kappa shape index (κ1) is 11.2. The molecule has 1 atom stereocenters. The molecule has 0 aromatic carbocycles. The summed E-state index contributed by atoms with van der Waals surface area (Å²) >= 11 is 0. The first-order valence-electron chi connectivity index (χ1n) is 5.05. The van der Waals surface area contributed by atoms with Crippen molar-refractivity contribution in [3.05, 3.63) is 12.4 Å². The number of hydrogen-bond donors (Lipinski definition) is 1. The van der Waals surface area contributed by atoms with E-state index in [-0.39, 0.29) is 0 Å². The van der Waals surface area contributed by atoms with Gasteiger partial charge in [0.2, 0.25) is 0 Å². The third kappa shape index (κ3) is 3.47. The van der Waals surface area contributed by atoms with Crippen molar-refractivity contribution in [1.82, 2.24) is 9.80 Å². The molecule has 1 unspecified atom stereocenters. The quantitative estimate of drug-likeness (QED) is 0.652. The molecule has 1 heterocycles. The molecule has 1 saturated heterocycles. The maximum Gasteiger partial charge on any atom is 0.0419 e. The Balaban J connectivity index is 2.30. The van der Waals surface area contributed by atoms with E-state index < -0.39 is 0 Å². The highest BCUT2D eigenvalue weighted by atomic mass is 15.3. The molecule has 0 aliphatic carbocycles. The maximum absolute atomic E-state index is 5.18. The van der Waals surface area contributed by atoms with Crippen LogP contribution in [0.2, 0.25) is 0 Å². The maximum atomic E-state index is 5.18. The summed E-state index contributed by atoms with van der Waals surface area (Å²) in [7, 11) is 2.17. The standard InChI is InChI=1S/C10H20N4/c1-10-9-13(2)7-8-14(10)6-5-12-4-3-11/h3-5,10H,6-9,11H2,1-2H3/b4-3-,12-5?. The Kier molecular flexibility index (Phi) is 4.62. The highest BCUT2D eigenvalue weighted by molar-refractivity contribution is 5.60. The highest BCUT2D eigenvalue weighted by Gasteiger charge is 2.19. The number of piperazine rings is 1. The Morgan fingerprint density at radius 3 is 2.93 bits per heavy atom. The van der Waals surface area contributed by atoms with Crippen LogP contribution < -0.4 is 5.73 Å². The van der Waals surface area contributed by atoms with Crippen LogP contribution in [0.15, 0.2) is 17.4 Å². The third-order valence-electron chi connectivity index (χ3n) is 2.56. The molecule has 14 heavy (non-hydrogen) atoms. The van der Waals surface area contributed by atoms with Crippen LogP contribution in [0, 0.1) is 0 Å². The number of aliphatic imine (C=N–C) groups is 1. The lowest BCUT2D eigenvalue weighted by Crippen LogP contribution is -2.50. The van der Waals surface area contributed by atoms with Crippen molar-refractivity contribution in [2.75, 3.05) is 33.2 Å². The van der Waals surface area contributed by atoms with Gasteiger partial charge in [-0.15, -0.1) is 0 Å². The molecule has 0 aromatic heterocycles. The van der Waals surface area contributed by atoms with E-state index in [1.165, 1.54) is 6.20 Å². The van der Waals surface area contributed by atoms with Crippen LogP contribution in [0.25, 0.3) is 0 Å². The van der Waals surface area contributed by atoms with Gasteiger partial charge in [-0.05, 0) is 14.0 Å². The average molecular weight is 196 g/mol. The van der Waals surface area contributed by atoms with Crippen LogP contribution in [-0.4, -0.2) is 55.3 Å². The fourth-order valence-electron chi connectivity index (χ4n) is 1.71. The van der Waals surface area contributed by atoms with E-state index in [0.29, 0.717) is 6.04 Å². The third-order valence-corrected chi connectivity index (χ3v) is 2.56. The lowest BCUT2D eigenvalue weighted by atomic mass is 10.2. The van der Waals surface area contributed by atoms with Crippen LogP contribution in [0.3, 0.4) is 0 Å². The zero-order valence-corrected chi connectivity index (χ0v) is 9.06. The second-order valence-electron chi connectivity index (χ2n) is 3.78. The van der Waals surface area contributed by atoms with E-state index in [0.717, 1.165) is 26.2 Å². The Bertz CT molecular complexity index is 212. The normalized spacial score (nSPS) is 26.6. The molecule has 1 rings (SSSR count). The van der Waals surface area contributed by atoms with Gasteiger partial charge in [-0.1, -0.05) is 0 Å². The van der Waals surface area contributed by atoms with Gasteiger partial charge in [-0.2, -0.15) is 0 Å². The number of likely N-dealkylation sites (N-methyl/N-ethyl adjacent to an activating group) is 1. The molecule has 0 radical (unpaired) electrons. The van der Waals surface area contributed by atoms with Gasteiger partial charge in [0.15, 0.2) is 0 Å². The molecule has 80 valence electrons. The summed E-state index contributed by atoms with van der Waals surface area (Å²) in [6.45, 7) is 6.57. The predicted molar refractivity (Wildman–Crippen MR) is 60.4 cm³/mol. The van der Waals surface area contributed by atoms with Gasteiger partial charge in [0.05, 0.1) is 0 Å². The van der Waals surface area contributed by atoms with Crippen LogP contribution in [-0.2, 0) is 0 Å². The minimum atomic E-state index is 0.613. The van der Waals surface area contributed by atoms with E-state index in [9.17, 15) is 0 Å². The van der Waals surface area contributed by atoms with Gasteiger partial charge in [0, 0.05) is 50.8 Å². The van der Waals surface area contributed by atoms with Gasteiger partial charge in [-0.25, -0.2) is 0 Å². The summed E-state index contributed by atoms with van der Waals surface area (Å²) in [6.07, 6.45) is 4.97. The molecule has 0 aromatic rings. The monoisotopic (exact) mass is 196 g/mol. The second kappa shape index (κ2) is 5.78. The van der Waals surface area contributed by atoms with E-state index in [1.807, 2.05) is 6.21 Å². The minimum Gasteiger partial charge on any atom is -0.403 e. The van der Waals surface area contributed by atoms with Gasteiger partial charge in [0.1, 0.15) is 0 Å². The van der Waals surface area contributed by atoms with Crippen LogP contribution in [0.4, 0.5) is 0 Å². The Morgan fingerprint density at radius 2 is 2.29 bits per heavy atom. The van der Waals surface area contributed by atoms with Crippen molar-refractivity contribution in [3.63, 3.8) is 0 Å². The molecule has 4 heteroatoms. The van der Waals surface area contributed by atoms with E-state index in [4.69, 9.17) is 5.73 Å². The second-order valence-corrected chi connectivity index (χ2v) is 3.78. The summed E-state index contributed by atoms with van der Waals surface area (Å²) in [6, 6.07) is 0.613. The Labute approximate surface area is 86.1 Å². The van der Waals surface area contributed by atoms with Crippen molar-refractivity contribution in [2.24, 2.45) is 10.7 Å². The van der Waals surface area contributed by atoms with Crippen LogP contribution in [0.1, 0.15) is 6.92 Å². The number of hydrogen-bond acceptors (Lipinski definition) is 4. The summed E-state index contributed by atoms with van der Waals surface area (Å²) in [5.74, 6) is 0. The van der Waals surface area contributed by atoms with Gasteiger partial charge in [-0.3, -0.25) is 9.89 Å². The van der Waals surface area contributed by atoms with Crippen molar-refractivity contribution in [3.8, 4) is 0 Å². The molecule has 1 fully saturated rings. The molecule has 1 aliphatic heterocycles. The molecule has 2 N–H and O–H groups in total. The van der Waals surface area contributed by atoms with E-state index in [2.05, 4.69) is 28.8 Å². The molecule has 1 aliphatic rings. The van der Waals surface area contributed by atoms with Crippen molar-refractivity contribution < 1.29 is 0 Å². The molecule has 0 bridgehead atoms. The fourth-order valence-corrected chi connectivity index (χ4v) is 1.71. The van der Waals surface area contributed by atoms with Gasteiger partial charge in [0.25, 0.3) is 0 Å². The average Bonchev–Trinajstić information content (AvgIpc) is 2.15. The smallest absolute Gasteiger partial charge is 0.0419 e. The van der Waals surface area contributed by atoms with Crippen molar-refractivity contribution in [2.45, 2.75) is 13.0 Å². The summed E-state index contributed by atoms with van der Waals surface area (Å²) in [5, 5.41) is 0. The highest BCUT2D eigenvalue weighted by Crippen LogP contribution is 2.05. The molecular formula is C10H20N4. The Hall–Kier alpha value is -0.870. The van der Waals surface area contributed by atoms with Crippen LogP contribution >= 0.6 is 0 Å². The zero-order chi connectivity index (χ0) is 10.4. The van der Waals surface area contributed by atoms with Gasteiger partial charge >= 0.3 is 0 Å². The van der Waals surface area contributed by atoms with Crippen molar-refractivity contribution in [1.29, 1.82) is 0 Å². The first-order chi connectivity index (χ1) is 6.74. The topological polar surface area (TPSA) is 44.9 Å². The minimum absolute atomic E-state index is 0.613. The van der Waals surface area contributed by atoms with Gasteiger partial charge < -0.3 is 10.6 Å². The summed E-state index contributed by atoms with van der Waals surface area (Å²) in [5.41, 5.74) is 5.18. The molecular weight excluding hydrogens is 176 g/mol. The zero-order valence-electron chi connectivity index (χ0n) is 9.06. The lowest BCUT2D eigenvalue weighted by Gasteiger charge is -2.37. The number of rotatable bonds is 3. The number of nitrogens with two attached hydrogens (primary N) is 1. The van der Waals surface area contributed by atoms with Crippen molar-refractivity contribution >= 4 is 6.21 Å². The largest absolute Gasteiger partial charge is 0.403 e. The molecule has 0 saturated carbocycles. The molecule has 0 spiro atoms. The first-order valence-corrected chi connectivity index (χ1v) is 5.05. The van der Waals surface area contributed by atoms with E-state index in [1.54, 1.807) is 6.20 Å². The van der Waals surface area contributed by atoms with Crippen LogP contribution in [0.5, 0.6) is 0 Å². The molecule has 0 amide bonds. The fraction of sp³-hybridized carbons (Fsp3) is 0.700.